The Bertz CT molecular complexity index is 490. The Morgan fingerprint density at radius 2 is 2.12 bits per heavy atom. The quantitative estimate of drug-likeness (QED) is 0.854. The van der Waals surface area contributed by atoms with Gasteiger partial charge in [-0.2, -0.15) is 0 Å². The number of aliphatic carboxylic acids is 1. The average molecular weight is 241 g/mol. The number of benzene rings is 1. The normalized spacial score (nSPS) is 19.8. The Labute approximate surface area is 95.5 Å². The van der Waals surface area contributed by atoms with Gasteiger partial charge in [-0.25, -0.2) is 13.6 Å². The monoisotopic (exact) mass is 241 g/mol. The predicted molar refractivity (Wildman–Crippen MR) is 54.5 cm³/mol. The van der Waals surface area contributed by atoms with Gasteiger partial charge in [-0.15, -0.1) is 0 Å². The molecule has 0 aliphatic carbocycles. The van der Waals surface area contributed by atoms with E-state index in [1.807, 2.05) is 0 Å². The Kier molecular flexibility index (Phi) is 2.79. The van der Waals surface area contributed by atoms with E-state index >= 15 is 0 Å². The lowest BCUT2D eigenvalue weighted by Gasteiger charge is -2.22. The van der Waals surface area contributed by atoms with Gasteiger partial charge in [-0.1, -0.05) is 6.07 Å². The number of carbonyl (C=O) groups excluding carboxylic acids is 1. The molecule has 0 spiro atoms. The first-order valence-electron chi connectivity index (χ1n) is 5.01. The fourth-order valence-corrected chi connectivity index (χ4v) is 1.90. The minimum atomic E-state index is -1.22. The van der Waals surface area contributed by atoms with Crippen LogP contribution in [0.2, 0.25) is 0 Å². The smallest absolute Gasteiger partial charge is 0.326 e. The third kappa shape index (κ3) is 1.86. The van der Waals surface area contributed by atoms with Crippen molar-refractivity contribution in [1.82, 2.24) is 0 Å². The van der Waals surface area contributed by atoms with E-state index in [4.69, 9.17) is 5.11 Å². The number of rotatable bonds is 2. The number of nitrogens with zero attached hydrogens (tertiary/aromatic N) is 1. The predicted octanol–water partition coefficient (Wildman–Crippen LogP) is 1.54. The van der Waals surface area contributed by atoms with Crippen LogP contribution in [0.5, 0.6) is 0 Å². The van der Waals surface area contributed by atoms with Crippen LogP contribution in [0.1, 0.15) is 12.8 Å². The maximum atomic E-state index is 13.5. The van der Waals surface area contributed by atoms with Gasteiger partial charge in [0.2, 0.25) is 5.91 Å². The Morgan fingerprint density at radius 1 is 1.41 bits per heavy atom. The molecule has 1 aromatic carbocycles. The Balaban J connectivity index is 2.47. The van der Waals surface area contributed by atoms with Crippen molar-refractivity contribution in [3.8, 4) is 0 Å². The standard InChI is InChI=1S/C11H9F2NO3/c12-6-2-1-3-7(10(6)13)14-8(11(16)17)4-5-9(14)15/h1-3,8H,4-5H2,(H,16,17)/t8-/m0/s1. The molecule has 2 rings (SSSR count). The number of hydrogen-bond acceptors (Lipinski definition) is 2. The first-order chi connectivity index (χ1) is 8.02. The molecule has 1 heterocycles. The summed E-state index contributed by atoms with van der Waals surface area (Å²) < 4.78 is 26.5. The molecule has 1 saturated heterocycles. The molecular weight excluding hydrogens is 232 g/mol. The number of halogens is 2. The molecule has 1 aliphatic rings. The summed E-state index contributed by atoms with van der Waals surface area (Å²) in [6.45, 7) is 0. The van der Waals surface area contributed by atoms with Gasteiger partial charge >= 0.3 is 5.97 Å². The van der Waals surface area contributed by atoms with Crippen LogP contribution in [0.15, 0.2) is 18.2 Å². The molecule has 0 unspecified atom stereocenters. The third-order valence-corrected chi connectivity index (χ3v) is 2.69. The van der Waals surface area contributed by atoms with Crippen LogP contribution >= 0.6 is 0 Å². The Morgan fingerprint density at radius 3 is 2.76 bits per heavy atom. The van der Waals surface area contributed by atoms with Gasteiger partial charge in [-0.3, -0.25) is 9.69 Å². The highest BCUT2D eigenvalue weighted by atomic mass is 19.2. The highest BCUT2D eigenvalue weighted by Gasteiger charge is 2.38. The van der Waals surface area contributed by atoms with E-state index in [1.54, 1.807) is 0 Å². The molecule has 6 heteroatoms. The van der Waals surface area contributed by atoms with Gasteiger partial charge < -0.3 is 5.11 Å². The molecule has 0 bridgehead atoms. The highest BCUT2D eigenvalue weighted by molar-refractivity contribution is 6.02. The summed E-state index contributed by atoms with van der Waals surface area (Å²) in [6.07, 6.45) is 0.122. The molecule has 90 valence electrons. The second-order valence-corrected chi connectivity index (χ2v) is 3.73. The van der Waals surface area contributed by atoms with E-state index in [1.165, 1.54) is 12.1 Å². The molecule has 1 N–H and O–H groups in total. The molecule has 4 nitrogen and oxygen atoms in total. The van der Waals surface area contributed by atoms with Crippen molar-refractivity contribution >= 4 is 17.6 Å². The molecule has 1 fully saturated rings. The SMILES string of the molecule is O=C(O)[C@@H]1CCC(=O)N1c1cccc(F)c1F. The van der Waals surface area contributed by atoms with E-state index < -0.39 is 29.6 Å². The molecule has 0 aromatic heterocycles. The zero-order chi connectivity index (χ0) is 12.6. The first kappa shape index (κ1) is 11.5. The molecule has 1 amide bonds. The fraction of sp³-hybridized carbons (Fsp3) is 0.273. The van der Waals surface area contributed by atoms with E-state index in [9.17, 15) is 18.4 Å². The fourth-order valence-electron chi connectivity index (χ4n) is 1.90. The van der Waals surface area contributed by atoms with E-state index in [0.29, 0.717) is 0 Å². The van der Waals surface area contributed by atoms with Gasteiger partial charge in [0.25, 0.3) is 0 Å². The molecule has 0 radical (unpaired) electrons. The van der Waals surface area contributed by atoms with Gasteiger partial charge in [0.15, 0.2) is 11.6 Å². The van der Waals surface area contributed by atoms with Crippen molar-refractivity contribution < 1.29 is 23.5 Å². The Hall–Kier alpha value is -1.98. The summed E-state index contributed by atoms with van der Waals surface area (Å²) in [6, 6.07) is 2.21. The van der Waals surface area contributed by atoms with E-state index in [2.05, 4.69) is 0 Å². The number of amides is 1. The topological polar surface area (TPSA) is 57.6 Å². The minimum absolute atomic E-state index is 0.0208. The second-order valence-electron chi connectivity index (χ2n) is 3.73. The lowest BCUT2D eigenvalue weighted by Crippen LogP contribution is -2.39. The van der Waals surface area contributed by atoms with Crippen LogP contribution in [0.4, 0.5) is 14.5 Å². The van der Waals surface area contributed by atoms with Crippen molar-refractivity contribution in [2.24, 2.45) is 0 Å². The van der Waals surface area contributed by atoms with E-state index in [0.717, 1.165) is 11.0 Å². The largest absolute Gasteiger partial charge is 0.480 e. The lowest BCUT2D eigenvalue weighted by atomic mass is 10.2. The number of carbonyl (C=O) groups is 2. The maximum Gasteiger partial charge on any atom is 0.326 e. The highest BCUT2D eigenvalue weighted by Crippen LogP contribution is 2.29. The van der Waals surface area contributed by atoms with E-state index in [-0.39, 0.29) is 18.5 Å². The average Bonchev–Trinajstić information content (AvgIpc) is 2.65. The molecule has 17 heavy (non-hydrogen) atoms. The summed E-state index contributed by atoms with van der Waals surface area (Å²) in [5.74, 6) is -4.04. The molecule has 0 saturated carbocycles. The van der Waals surface area contributed by atoms with Crippen molar-refractivity contribution in [2.45, 2.75) is 18.9 Å². The van der Waals surface area contributed by atoms with Crippen molar-refractivity contribution in [3.63, 3.8) is 0 Å². The van der Waals surface area contributed by atoms with Crippen LogP contribution in [-0.4, -0.2) is 23.0 Å². The van der Waals surface area contributed by atoms with Crippen LogP contribution in [0.3, 0.4) is 0 Å². The minimum Gasteiger partial charge on any atom is -0.480 e. The van der Waals surface area contributed by atoms with Crippen LogP contribution in [-0.2, 0) is 9.59 Å². The number of anilines is 1. The summed E-state index contributed by atoms with van der Waals surface area (Å²) in [7, 11) is 0. The van der Waals surface area contributed by atoms with Crippen molar-refractivity contribution in [2.75, 3.05) is 4.90 Å². The third-order valence-electron chi connectivity index (χ3n) is 2.69. The van der Waals surface area contributed by atoms with Crippen LogP contribution < -0.4 is 4.90 Å². The second kappa shape index (κ2) is 4.12. The van der Waals surface area contributed by atoms with Gasteiger partial charge in [0.05, 0.1) is 5.69 Å². The lowest BCUT2D eigenvalue weighted by molar-refractivity contribution is -0.138. The summed E-state index contributed by atoms with van der Waals surface area (Å²) in [5.41, 5.74) is -0.320. The summed E-state index contributed by atoms with van der Waals surface area (Å²) >= 11 is 0. The van der Waals surface area contributed by atoms with Crippen LogP contribution in [0.25, 0.3) is 0 Å². The molecular formula is C11H9F2NO3. The maximum absolute atomic E-state index is 13.5. The van der Waals surface area contributed by atoms with Gasteiger partial charge in [0.1, 0.15) is 6.04 Å². The summed E-state index contributed by atoms with van der Waals surface area (Å²) in [5, 5.41) is 8.91. The van der Waals surface area contributed by atoms with Gasteiger partial charge in [0, 0.05) is 6.42 Å². The molecule has 1 aliphatic heterocycles. The number of hydrogen-bond donors (Lipinski definition) is 1. The summed E-state index contributed by atoms with van der Waals surface area (Å²) in [4.78, 5) is 23.2. The molecule has 1 aromatic rings. The number of carboxylic acid groups (broad SMARTS) is 1. The zero-order valence-electron chi connectivity index (χ0n) is 8.69. The first-order valence-corrected chi connectivity index (χ1v) is 5.01. The van der Waals surface area contributed by atoms with Gasteiger partial charge in [-0.05, 0) is 18.6 Å². The van der Waals surface area contributed by atoms with Crippen LogP contribution in [0, 0.1) is 11.6 Å². The zero-order valence-corrected chi connectivity index (χ0v) is 8.69. The number of carboxylic acids is 1. The molecule has 1 atom stereocenters. The van der Waals surface area contributed by atoms with Crippen molar-refractivity contribution in [3.05, 3.63) is 29.8 Å². The van der Waals surface area contributed by atoms with Crippen molar-refractivity contribution in [1.29, 1.82) is 0 Å².